The Morgan fingerprint density at radius 3 is 1.75 bits per heavy atom. The molecule has 2 rings (SSSR count). The zero-order chi connectivity index (χ0) is 8.98. The van der Waals surface area contributed by atoms with Gasteiger partial charge in [-0.05, 0) is 41.9 Å². The van der Waals surface area contributed by atoms with E-state index >= 15 is 0 Å². The molecule has 0 saturated heterocycles. The minimum atomic E-state index is 0.708. The summed E-state index contributed by atoms with van der Waals surface area (Å²) < 4.78 is 0. The molecule has 0 aromatic rings. The molecule has 2 atom stereocenters. The second-order valence-corrected chi connectivity index (χ2v) is 5.35. The van der Waals surface area contributed by atoms with E-state index in [2.05, 4.69) is 27.7 Å². The summed E-state index contributed by atoms with van der Waals surface area (Å²) in [5, 5.41) is 0. The average molecular weight is 166 g/mol. The number of hydrogen-bond acceptors (Lipinski definition) is 0. The standard InChI is InChI=1S/C12H22/c1-5-12(7-6-8-12)11(4)9(2)10(11)3/h9-10H,5-8H2,1-4H3. The summed E-state index contributed by atoms with van der Waals surface area (Å²) in [6, 6.07) is 0. The van der Waals surface area contributed by atoms with Crippen LogP contribution in [0, 0.1) is 22.7 Å². The zero-order valence-electron chi connectivity index (χ0n) is 8.98. The maximum atomic E-state index is 2.53. The quantitative estimate of drug-likeness (QED) is 0.584. The van der Waals surface area contributed by atoms with Crippen molar-refractivity contribution in [3.05, 3.63) is 0 Å². The Hall–Kier alpha value is 0. The van der Waals surface area contributed by atoms with Crippen LogP contribution in [0.15, 0.2) is 0 Å². The molecule has 0 spiro atoms. The zero-order valence-corrected chi connectivity index (χ0v) is 8.98. The van der Waals surface area contributed by atoms with Gasteiger partial charge in [-0.3, -0.25) is 0 Å². The van der Waals surface area contributed by atoms with Crippen molar-refractivity contribution in [1.29, 1.82) is 0 Å². The third-order valence-electron chi connectivity index (χ3n) is 5.66. The van der Waals surface area contributed by atoms with Gasteiger partial charge in [-0.15, -0.1) is 0 Å². The largest absolute Gasteiger partial charge is 0.0648 e. The molecule has 0 N–H and O–H groups in total. The fourth-order valence-corrected chi connectivity index (χ4v) is 3.83. The van der Waals surface area contributed by atoms with Gasteiger partial charge < -0.3 is 0 Å². The van der Waals surface area contributed by atoms with E-state index in [4.69, 9.17) is 0 Å². The van der Waals surface area contributed by atoms with Crippen molar-refractivity contribution < 1.29 is 0 Å². The minimum Gasteiger partial charge on any atom is -0.0648 e. The number of rotatable bonds is 2. The molecule has 0 aliphatic heterocycles. The van der Waals surface area contributed by atoms with Gasteiger partial charge in [-0.25, -0.2) is 0 Å². The lowest BCUT2D eigenvalue weighted by molar-refractivity contribution is 0.0205. The summed E-state index contributed by atoms with van der Waals surface area (Å²) >= 11 is 0. The van der Waals surface area contributed by atoms with Crippen molar-refractivity contribution in [2.24, 2.45) is 22.7 Å². The van der Waals surface area contributed by atoms with Crippen molar-refractivity contribution in [2.45, 2.75) is 53.4 Å². The lowest BCUT2D eigenvalue weighted by Gasteiger charge is -2.48. The van der Waals surface area contributed by atoms with Crippen LogP contribution in [0.2, 0.25) is 0 Å². The second-order valence-electron chi connectivity index (χ2n) is 5.35. The molecule has 2 unspecified atom stereocenters. The lowest BCUT2D eigenvalue weighted by atomic mass is 9.57. The monoisotopic (exact) mass is 166 g/mol. The van der Waals surface area contributed by atoms with Gasteiger partial charge >= 0.3 is 0 Å². The van der Waals surface area contributed by atoms with E-state index in [0.717, 1.165) is 17.3 Å². The van der Waals surface area contributed by atoms with Crippen LogP contribution >= 0.6 is 0 Å². The molecule has 2 aliphatic carbocycles. The Bertz CT molecular complexity index is 175. The van der Waals surface area contributed by atoms with Crippen molar-refractivity contribution in [1.82, 2.24) is 0 Å². The maximum absolute atomic E-state index is 2.53. The molecule has 12 heavy (non-hydrogen) atoms. The van der Waals surface area contributed by atoms with E-state index in [0.29, 0.717) is 5.41 Å². The van der Waals surface area contributed by atoms with E-state index in [1.165, 1.54) is 25.7 Å². The van der Waals surface area contributed by atoms with Crippen LogP contribution in [0.25, 0.3) is 0 Å². The fourth-order valence-electron chi connectivity index (χ4n) is 3.83. The highest BCUT2D eigenvalue weighted by Gasteiger charge is 2.67. The Morgan fingerprint density at radius 1 is 1.17 bits per heavy atom. The summed E-state index contributed by atoms with van der Waals surface area (Å²) in [5.41, 5.74) is 1.46. The highest BCUT2D eigenvalue weighted by Crippen LogP contribution is 2.74. The molecule has 2 aliphatic rings. The van der Waals surface area contributed by atoms with Crippen LogP contribution in [0.5, 0.6) is 0 Å². The molecule has 0 aromatic heterocycles. The molecule has 0 aromatic carbocycles. The Morgan fingerprint density at radius 2 is 1.67 bits per heavy atom. The second kappa shape index (κ2) is 2.27. The summed E-state index contributed by atoms with van der Waals surface area (Å²) in [5.74, 6) is 1.97. The first-order chi connectivity index (χ1) is 5.58. The molecule has 2 saturated carbocycles. The first kappa shape index (κ1) is 8.59. The van der Waals surface area contributed by atoms with Gasteiger partial charge in [-0.1, -0.05) is 34.1 Å². The molecule has 0 heterocycles. The predicted octanol–water partition coefficient (Wildman–Crippen LogP) is 3.86. The molecule has 0 amide bonds. The van der Waals surface area contributed by atoms with Crippen LogP contribution in [-0.4, -0.2) is 0 Å². The highest BCUT2D eigenvalue weighted by molar-refractivity contribution is 5.15. The van der Waals surface area contributed by atoms with Crippen LogP contribution in [0.3, 0.4) is 0 Å². The molecule has 70 valence electrons. The van der Waals surface area contributed by atoms with Crippen molar-refractivity contribution in [3.8, 4) is 0 Å². The van der Waals surface area contributed by atoms with Gasteiger partial charge in [0.15, 0.2) is 0 Å². The topological polar surface area (TPSA) is 0 Å². The molecule has 0 heteroatoms. The molecule has 0 radical (unpaired) electrons. The SMILES string of the molecule is CCC1(C2(C)C(C)C2C)CCC1. The van der Waals surface area contributed by atoms with Crippen LogP contribution in [-0.2, 0) is 0 Å². The average Bonchev–Trinajstić information content (AvgIpc) is 2.41. The van der Waals surface area contributed by atoms with E-state index in [1.54, 1.807) is 0 Å². The highest BCUT2D eigenvalue weighted by atomic mass is 14.7. The van der Waals surface area contributed by atoms with Gasteiger partial charge in [0.05, 0.1) is 0 Å². The first-order valence-electron chi connectivity index (χ1n) is 5.58. The van der Waals surface area contributed by atoms with E-state index < -0.39 is 0 Å². The van der Waals surface area contributed by atoms with Crippen LogP contribution in [0.1, 0.15) is 53.4 Å². The summed E-state index contributed by atoms with van der Waals surface area (Å²) in [6.45, 7) is 9.81. The number of hydrogen-bond donors (Lipinski definition) is 0. The van der Waals surface area contributed by atoms with Crippen molar-refractivity contribution in [3.63, 3.8) is 0 Å². The molecule has 0 nitrogen and oxygen atoms in total. The van der Waals surface area contributed by atoms with Gasteiger partial charge in [0.2, 0.25) is 0 Å². The first-order valence-corrected chi connectivity index (χ1v) is 5.58. The smallest absolute Gasteiger partial charge is 0.0213 e. The predicted molar refractivity (Wildman–Crippen MR) is 53.0 cm³/mol. The molecular weight excluding hydrogens is 144 g/mol. The van der Waals surface area contributed by atoms with Crippen molar-refractivity contribution >= 4 is 0 Å². The fraction of sp³-hybridized carbons (Fsp3) is 1.00. The van der Waals surface area contributed by atoms with Gasteiger partial charge in [0.1, 0.15) is 0 Å². The maximum Gasteiger partial charge on any atom is -0.0213 e. The minimum absolute atomic E-state index is 0.708. The van der Waals surface area contributed by atoms with E-state index in [9.17, 15) is 0 Å². The summed E-state index contributed by atoms with van der Waals surface area (Å²) in [6.07, 6.45) is 5.92. The Kier molecular flexibility index (Phi) is 1.63. The van der Waals surface area contributed by atoms with Crippen LogP contribution in [0.4, 0.5) is 0 Å². The van der Waals surface area contributed by atoms with Gasteiger partial charge in [-0.2, -0.15) is 0 Å². The lowest BCUT2D eigenvalue weighted by Crippen LogP contribution is -2.38. The van der Waals surface area contributed by atoms with E-state index in [1.807, 2.05) is 0 Å². The van der Waals surface area contributed by atoms with Gasteiger partial charge in [0.25, 0.3) is 0 Å². The Balaban J connectivity index is 2.18. The summed E-state index contributed by atoms with van der Waals surface area (Å²) in [4.78, 5) is 0. The molecule has 0 bridgehead atoms. The molecule has 2 fully saturated rings. The Labute approximate surface area is 76.7 Å². The normalized spacial score (nSPS) is 50.0. The molecular formula is C12H22. The third-order valence-corrected chi connectivity index (χ3v) is 5.66. The summed E-state index contributed by atoms with van der Waals surface area (Å²) in [7, 11) is 0. The van der Waals surface area contributed by atoms with Crippen LogP contribution < -0.4 is 0 Å². The van der Waals surface area contributed by atoms with E-state index in [-0.39, 0.29) is 0 Å². The van der Waals surface area contributed by atoms with Crippen molar-refractivity contribution in [2.75, 3.05) is 0 Å². The van der Waals surface area contributed by atoms with Gasteiger partial charge in [0, 0.05) is 0 Å². The third kappa shape index (κ3) is 0.701.